The van der Waals surface area contributed by atoms with E-state index in [9.17, 15) is 8.42 Å². The number of halogens is 2. The number of aliphatic imine (C=N–C) groups is 1. The molecule has 0 saturated heterocycles. The van der Waals surface area contributed by atoms with E-state index in [1.165, 1.54) is 12.3 Å². The highest BCUT2D eigenvalue weighted by molar-refractivity contribution is 8.13. The molecule has 0 saturated carbocycles. The number of anilines is 1. The van der Waals surface area contributed by atoms with Crippen molar-refractivity contribution >= 4 is 43.2 Å². The van der Waals surface area contributed by atoms with Gasteiger partial charge in [0.15, 0.2) is 0 Å². The zero-order chi connectivity index (χ0) is 13.2. The van der Waals surface area contributed by atoms with E-state index in [4.69, 9.17) is 22.3 Å². The van der Waals surface area contributed by atoms with Gasteiger partial charge in [-0.15, -0.1) is 0 Å². The van der Waals surface area contributed by atoms with E-state index in [1.54, 1.807) is 30.5 Å². The molecular formula is C10H9Cl2N3O2S. The van der Waals surface area contributed by atoms with E-state index in [1.807, 2.05) is 0 Å². The summed E-state index contributed by atoms with van der Waals surface area (Å²) in [4.78, 5) is 3.92. The van der Waals surface area contributed by atoms with Gasteiger partial charge in [-0.3, -0.25) is 0 Å². The minimum atomic E-state index is -3.86. The minimum Gasteiger partial charge on any atom is -0.337 e. The first kappa shape index (κ1) is 13.2. The van der Waals surface area contributed by atoms with Crippen molar-refractivity contribution in [3.05, 3.63) is 36.5 Å². The number of hydrogen-bond acceptors (Lipinski definition) is 5. The maximum atomic E-state index is 11.4. The summed E-state index contributed by atoms with van der Waals surface area (Å²) in [7, 11) is 1.49. The number of nitrogens with zero attached hydrogens (tertiary/aromatic N) is 1. The van der Waals surface area contributed by atoms with Crippen LogP contribution in [0.15, 0.2) is 46.4 Å². The van der Waals surface area contributed by atoms with Gasteiger partial charge in [-0.1, -0.05) is 12.1 Å². The van der Waals surface area contributed by atoms with Crippen LogP contribution in [-0.2, 0) is 9.05 Å². The van der Waals surface area contributed by atoms with Crippen molar-refractivity contribution in [3.63, 3.8) is 0 Å². The summed E-state index contributed by atoms with van der Waals surface area (Å²) in [6, 6.07) is 6.16. The maximum Gasteiger partial charge on any atom is 0.286 e. The van der Waals surface area contributed by atoms with Crippen LogP contribution in [0, 0.1) is 0 Å². The van der Waals surface area contributed by atoms with Crippen LogP contribution >= 0.6 is 22.3 Å². The predicted molar refractivity (Wildman–Crippen MR) is 72.5 cm³/mol. The molecule has 1 aromatic carbocycles. The van der Waals surface area contributed by atoms with Crippen molar-refractivity contribution in [3.8, 4) is 0 Å². The van der Waals surface area contributed by atoms with Gasteiger partial charge in [-0.25, -0.2) is 13.4 Å². The van der Waals surface area contributed by atoms with Gasteiger partial charge < -0.3 is 10.6 Å². The van der Waals surface area contributed by atoms with Crippen molar-refractivity contribution in [2.75, 3.05) is 5.32 Å². The van der Waals surface area contributed by atoms with Crippen molar-refractivity contribution in [1.29, 1.82) is 0 Å². The standard InChI is InChI=1S/C10H9Cl2N3O2S/c11-10(13-6-3-7-14-10)15-8-4-1-2-5-9(8)18(12,16)17/h1-7,13,15H. The Bertz CT molecular complexity index is 615. The van der Waals surface area contributed by atoms with Gasteiger partial charge in [0.2, 0.25) is 0 Å². The molecular weight excluding hydrogens is 297 g/mol. The van der Waals surface area contributed by atoms with Gasteiger partial charge in [-0.05, 0) is 29.8 Å². The molecule has 0 radical (unpaired) electrons. The van der Waals surface area contributed by atoms with Gasteiger partial charge in [0.1, 0.15) is 4.90 Å². The molecule has 0 amide bonds. The van der Waals surface area contributed by atoms with Crippen LogP contribution in [0.5, 0.6) is 0 Å². The molecule has 1 unspecified atom stereocenters. The van der Waals surface area contributed by atoms with Gasteiger partial charge in [0.25, 0.3) is 14.3 Å². The zero-order valence-corrected chi connectivity index (χ0v) is 11.3. The van der Waals surface area contributed by atoms with E-state index in [0.29, 0.717) is 0 Å². The van der Waals surface area contributed by atoms with Gasteiger partial charge in [0, 0.05) is 23.1 Å². The largest absolute Gasteiger partial charge is 0.337 e. The molecule has 1 atom stereocenters. The Hall–Kier alpha value is -1.24. The Kier molecular flexibility index (Phi) is 3.52. The molecule has 1 aliphatic rings. The second-order valence-electron chi connectivity index (χ2n) is 3.46. The lowest BCUT2D eigenvalue weighted by atomic mass is 10.3. The monoisotopic (exact) mass is 305 g/mol. The Morgan fingerprint density at radius 3 is 2.67 bits per heavy atom. The Morgan fingerprint density at radius 2 is 2.06 bits per heavy atom. The molecule has 5 nitrogen and oxygen atoms in total. The average Bonchev–Trinajstić information content (AvgIpc) is 2.28. The van der Waals surface area contributed by atoms with Crippen LogP contribution in [0.2, 0.25) is 0 Å². The first-order valence-electron chi connectivity index (χ1n) is 4.90. The molecule has 1 heterocycles. The van der Waals surface area contributed by atoms with Crippen molar-refractivity contribution in [2.45, 2.75) is 10.1 Å². The highest BCUT2D eigenvalue weighted by Gasteiger charge is 2.27. The number of benzene rings is 1. The molecule has 2 rings (SSSR count). The van der Waals surface area contributed by atoms with Gasteiger partial charge >= 0.3 is 0 Å². The topological polar surface area (TPSA) is 70.6 Å². The third-order valence-corrected chi connectivity index (χ3v) is 3.84. The van der Waals surface area contributed by atoms with Gasteiger partial charge in [-0.2, -0.15) is 0 Å². The summed E-state index contributed by atoms with van der Waals surface area (Å²) in [5.41, 5.74) is 0.266. The summed E-state index contributed by atoms with van der Waals surface area (Å²) < 4.78 is 22.8. The second-order valence-corrected chi connectivity index (χ2v) is 6.54. The number of allylic oxidation sites excluding steroid dienone is 1. The van der Waals surface area contributed by atoms with Crippen LogP contribution < -0.4 is 10.6 Å². The van der Waals surface area contributed by atoms with Crippen LogP contribution in [0.25, 0.3) is 0 Å². The van der Waals surface area contributed by atoms with Crippen LogP contribution in [0.4, 0.5) is 5.69 Å². The Morgan fingerprint density at radius 1 is 1.33 bits per heavy atom. The number of para-hydroxylation sites is 1. The smallest absolute Gasteiger partial charge is 0.286 e. The Labute approximate surface area is 114 Å². The lowest BCUT2D eigenvalue weighted by molar-refractivity contribution is 0.602. The predicted octanol–water partition coefficient (Wildman–Crippen LogP) is 2.06. The molecule has 1 aromatic rings. The molecule has 0 fully saturated rings. The summed E-state index contributed by atoms with van der Waals surface area (Å²) in [5, 5.41) is 4.21. The minimum absolute atomic E-state index is 0.0572. The molecule has 2 N–H and O–H groups in total. The quantitative estimate of drug-likeness (QED) is 0.509. The average molecular weight is 306 g/mol. The maximum absolute atomic E-state index is 11.4. The zero-order valence-electron chi connectivity index (χ0n) is 8.97. The van der Waals surface area contributed by atoms with Gasteiger partial charge in [0.05, 0.1) is 5.69 Å². The molecule has 18 heavy (non-hydrogen) atoms. The summed E-state index contributed by atoms with van der Waals surface area (Å²) in [6.07, 6.45) is 4.74. The summed E-state index contributed by atoms with van der Waals surface area (Å²) in [5.74, 6) is 0. The van der Waals surface area contributed by atoms with E-state index >= 15 is 0 Å². The molecule has 0 aliphatic carbocycles. The fourth-order valence-electron chi connectivity index (χ4n) is 1.41. The lowest BCUT2D eigenvalue weighted by Crippen LogP contribution is -2.43. The molecule has 96 valence electrons. The number of hydrogen-bond donors (Lipinski definition) is 2. The van der Waals surface area contributed by atoms with Crippen LogP contribution in [0.3, 0.4) is 0 Å². The van der Waals surface area contributed by atoms with Crippen LogP contribution in [-0.4, -0.2) is 19.9 Å². The molecule has 8 heteroatoms. The van der Waals surface area contributed by atoms with E-state index in [2.05, 4.69) is 15.6 Å². The summed E-state index contributed by atoms with van der Waals surface area (Å²) >= 11 is 6.12. The molecule has 0 spiro atoms. The van der Waals surface area contributed by atoms with E-state index in [-0.39, 0.29) is 10.6 Å². The highest BCUT2D eigenvalue weighted by Crippen LogP contribution is 2.28. The third-order valence-electron chi connectivity index (χ3n) is 2.16. The Balaban J connectivity index is 2.36. The van der Waals surface area contributed by atoms with E-state index in [0.717, 1.165) is 0 Å². The fourth-order valence-corrected chi connectivity index (χ4v) is 2.66. The highest BCUT2D eigenvalue weighted by atomic mass is 35.7. The molecule has 0 aromatic heterocycles. The number of rotatable bonds is 3. The lowest BCUT2D eigenvalue weighted by Gasteiger charge is -2.27. The van der Waals surface area contributed by atoms with Crippen molar-refractivity contribution in [2.24, 2.45) is 4.99 Å². The first-order valence-corrected chi connectivity index (χ1v) is 7.58. The third kappa shape index (κ3) is 2.95. The first-order chi connectivity index (χ1) is 8.41. The second kappa shape index (κ2) is 4.79. The van der Waals surface area contributed by atoms with Crippen LogP contribution in [0.1, 0.15) is 0 Å². The summed E-state index contributed by atoms with van der Waals surface area (Å²) in [6.45, 7) is 0. The number of nitrogens with one attached hydrogen (secondary N) is 2. The SMILES string of the molecule is O=S(=O)(Cl)c1ccccc1NC1(Cl)N=CC=CN1. The normalized spacial score (nSPS) is 22.6. The fraction of sp³-hybridized carbons (Fsp3) is 0.100. The molecule has 0 bridgehead atoms. The molecule has 1 aliphatic heterocycles. The van der Waals surface area contributed by atoms with Crippen molar-refractivity contribution in [1.82, 2.24) is 5.32 Å². The number of alkyl halides is 1. The van der Waals surface area contributed by atoms with Crippen molar-refractivity contribution < 1.29 is 8.42 Å². The van der Waals surface area contributed by atoms with E-state index < -0.39 is 14.3 Å².